The number of halogens is 1. The van der Waals surface area contributed by atoms with Crippen molar-refractivity contribution in [1.29, 1.82) is 0 Å². The number of hydrogen-bond donors (Lipinski definition) is 1. The van der Waals surface area contributed by atoms with Crippen LogP contribution in [0.25, 0.3) is 0 Å². The van der Waals surface area contributed by atoms with Gasteiger partial charge < -0.3 is 10.2 Å². The molecule has 2 aromatic rings. The fourth-order valence-electron chi connectivity index (χ4n) is 4.10. The van der Waals surface area contributed by atoms with Crippen LogP contribution in [0, 0.1) is 5.82 Å². The van der Waals surface area contributed by atoms with E-state index in [0.29, 0.717) is 18.8 Å². The van der Waals surface area contributed by atoms with E-state index in [0.717, 1.165) is 45.2 Å². The molecule has 1 N–H and O–H groups in total. The zero-order valence-electron chi connectivity index (χ0n) is 16.8. The van der Waals surface area contributed by atoms with Gasteiger partial charge in [0, 0.05) is 31.7 Å². The molecule has 0 bridgehead atoms. The van der Waals surface area contributed by atoms with Gasteiger partial charge in [-0.05, 0) is 56.0 Å². The van der Waals surface area contributed by atoms with Gasteiger partial charge in [-0.2, -0.15) is 4.31 Å². The molecular weight excluding hydrogens is 405 g/mol. The number of sulfonamides is 1. The Morgan fingerprint density at radius 1 is 0.900 bits per heavy atom. The second kappa shape index (κ2) is 8.73. The predicted molar refractivity (Wildman–Crippen MR) is 115 cm³/mol. The van der Waals surface area contributed by atoms with E-state index in [1.54, 1.807) is 24.3 Å². The Hall–Kier alpha value is -2.45. The molecule has 2 aliphatic rings. The summed E-state index contributed by atoms with van der Waals surface area (Å²) in [5.74, 6) is -1.04. The molecule has 0 spiro atoms. The smallest absolute Gasteiger partial charge is 0.255 e. The highest BCUT2D eigenvalue weighted by atomic mass is 32.2. The van der Waals surface area contributed by atoms with Crippen molar-refractivity contribution in [2.75, 3.05) is 36.4 Å². The molecule has 0 aromatic heterocycles. The zero-order valence-corrected chi connectivity index (χ0v) is 17.6. The molecule has 0 saturated carbocycles. The number of para-hydroxylation sites is 1. The zero-order chi connectivity index (χ0) is 21.1. The predicted octanol–water partition coefficient (Wildman–Crippen LogP) is 3.85. The van der Waals surface area contributed by atoms with Gasteiger partial charge >= 0.3 is 0 Å². The van der Waals surface area contributed by atoms with Crippen LogP contribution in [0.15, 0.2) is 47.4 Å². The Kier molecular flexibility index (Phi) is 6.06. The van der Waals surface area contributed by atoms with Gasteiger partial charge in [0.2, 0.25) is 10.0 Å². The van der Waals surface area contributed by atoms with Crippen molar-refractivity contribution in [3.63, 3.8) is 0 Å². The first-order valence-electron chi connectivity index (χ1n) is 10.4. The third kappa shape index (κ3) is 4.20. The number of carbonyl (C=O) groups is 1. The minimum atomic E-state index is -3.65. The summed E-state index contributed by atoms with van der Waals surface area (Å²) in [4.78, 5) is 15.0. The molecule has 0 unspecified atom stereocenters. The number of amides is 1. The molecule has 0 radical (unpaired) electrons. The molecule has 2 aromatic carbocycles. The van der Waals surface area contributed by atoms with E-state index in [1.807, 2.05) is 0 Å². The maximum absolute atomic E-state index is 14.5. The van der Waals surface area contributed by atoms with Crippen LogP contribution in [0.2, 0.25) is 0 Å². The van der Waals surface area contributed by atoms with E-state index in [2.05, 4.69) is 10.2 Å². The van der Waals surface area contributed by atoms with Crippen LogP contribution in [-0.2, 0) is 10.0 Å². The van der Waals surface area contributed by atoms with E-state index >= 15 is 0 Å². The number of nitrogens with one attached hydrogen (secondary N) is 1. The maximum atomic E-state index is 14.5. The van der Waals surface area contributed by atoms with Crippen molar-refractivity contribution >= 4 is 27.3 Å². The van der Waals surface area contributed by atoms with Crippen LogP contribution in [0.3, 0.4) is 0 Å². The van der Waals surface area contributed by atoms with Crippen LogP contribution < -0.4 is 10.2 Å². The minimum absolute atomic E-state index is 0.0883. The van der Waals surface area contributed by atoms with Crippen LogP contribution in [0.5, 0.6) is 0 Å². The summed E-state index contributed by atoms with van der Waals surface area (Å²) in [6.45, 7) is 2.62. The number of rotatable bonds is 5. The third-order valence-electron chi connectivity index (χ3n) is 5.73. The molecule has 4 rings (SSSR count). The molecule has 160 valence electrons. The van der Waals surface area contributed by atoms with Crippen LogP contribution in [0.1, 0.15) is 42.5 Å². The lowest BCUT2D eigenvalue weighted by Gasteiger charge is -2.26. The normalized spacial score (nSPS) is 17.8. The van der Waals surface area contributed by atoms with Gasteiger partial charge in [0.1, 0.15) is 11.5 Å². The highest BCUT2D eigenvalue weighted by Gasteiger charge is 2.27. The molecule has 2 heterocycles. The summed E-state index contributed by atoms with van der Waals surface area (Å²) >= 11 is 0. The van der Waals surface area contributed by atoms with Gasteiger partial charge in [0.05, 0.1) is 10.6 Å². The Bertz CT molecular complexity index is 1030. The van der Waals surface area contributed by atoms with Gasteiger partial charge in [-0.15, -0.1) is 0 Å². The van der Waals surface area contributed by atoms with Crippen molar-refractivity contribution < 1.29 is 17.6 Å². The van der Waals surface area contributed by atoms with Crippen LogP contribution >= 0.6 is 0 Å². The van der Waals surface area contributed by atoms with E-state index < -0.39 is 21.7 Å². The molecule has 2 fully saturated rings. The highest BCUT2D eigenvalue weighted by molar-refractivity contribution is 7.89. The minimum Gasteiger partial charge on any atom is -0.370 e. The molecule has 6 nitrogen and oxygen atoms in total. The first kappa shape index (κ1) is 20.8. The summed E-state index contributed by atoms with van der Waals surface area (Å²) in [5.41, 5.74) is 0.968. The average molecular weight is 432 g/mol. The van der Waals surface area contributed by atoms with Gasteiger partial charge in [0.25, 0.3) is 5.91 Å². The Labute approximate surface area is 176 Å². The topological polar surface area (TPSA) is 69.7 Å². The van der Waals surface area contributed by atoms with Gasteiger partial charge in [0.15, 0.2) is 0 Å². The number of hydrogen-bond acceptors (Lipinski definition) is 4. The molecular formula is C22H26FN3O3S. The van der Waals surface area contributed by atoms with Crippen molar-refractivity contribution in [2.45, 2.75) is 37.0 Å². The Morgan fingerprint density at radius 3 is 2.30 bits per heavy atom. The van der Waals surface area contributed by atoms with Gasteiger partial charge in [-0.1, -0.05) is 18.6 Å². The molecule has 0 atom stereocenters. The van der Waals surface area contributed by atoms with E-state index in [4.69, 9.17) is 0 Å². The summed E-state index contributed by atoms with van der Waals surface area (Å²) in [6, 6.07) is 10.7. The fraction of sp³-hybridized carbons (Fsp3) is 0.409. The number of benzene rings is 2. The first-order chi connectivity index (χ1) is 14.5. The molecule has 2 saturated heterocycles. The Balaban J connectivity index is 1.59. The highest BCUT2D eigenvalue weighted by Crippen LogP contribution is 2.32. The molecule has 1 amide bonds. The largest absolute Gasteiger partial charge is 0.370 e. The molecule has 8 heteroatoms. The lowest BCUT2D eigenvalue weighted by Crippen LogP contribution is -2.35. The Morgan fingerprint density at radius 2 is 1.57 bits per heavy atom. The third-order valence-corrected chi connectivity index (χ3v) is 7.62. The monoisotopic (exact) mass is 431 g/mol. The van der Waals surface area contributed by atoms with Crippen LogP contribution in [-0.4, -0.2) is 44.8 Å². The van der Waals surface area contributed by atoms with Gasteiger partial charge in [-0.3, -0.25) is 4.79 Å². The lowest BCUT2D eigenvalue weighted by atomic mass is 10.2. The number of nitrogens with zero attached hydrogens (tertiary/aromatic N) is 2. The van der Waals surface area contributed by atoms with Gasteiger partial charge in [-0.25, -0.2) is 12.8 Å². The van der Waals surface area contributed by atoms with Crippen molar-refractivity contribution in [1.82, 2.24) is 4.31 Å². The lowest BCUT2D eigenvalue weighted by molar-refractivity contribution is 0.102. The summed E-state index contributed by atoms with van der Waals surface area (Å²) in [6.07, 6.45) is 4.76. The number of piperidine rings is 1. The molecule has 2 aliphatic heterocycles. The second-order valence-corrected chi connectivity index (χ2v) is 9.71. The van der Waals surface area contributed by atoms with Crippen molar-refractivity contribution in [3.05, 3.63) is 53.8 Å². The summed E-state index contributed by atoms with van der Waals surface area (Å²) in [5, 5.41) is 2.67. The van der Waals surface area contributed by atoms with E-state index in [1.165, 1.54) is 22.5 Å². The average Bonchev–Trinajstić information content (AvgIpc) is 3.30. The SMILES string of the molecule is O=C(Nc1c(F)cccc1N1CCCC1)c1cccc(S(=O)(=O)N2CCCCC2)c1. The maximum Gasteiger partial charge on any atom is 0.255 e. The van der Waals surface area contributed by atoms with Crippen molar-refractivity contribution in [3.8, 4) is 0 Å². The standard InChI is InChI=1S/C22H26FN3O3S/c23-19-10-7-11-20(25-12-4-5-13-25)21(19)24-22(27)17-8-6-9-18(16-17)30(28,29)26-14-2-1-3-15-26/h6-11,16H,1-5,12-15H2,(H,24,27). The summed E-state index contributed by atoms with van der Waals surface area (Å²) in [7, 11) is -3.65. The quantitative estimate of drug-likeness (QED) is 0.781. The second-order valence-electron chi connectivity index (χ2n) is 7.77. The number of carbonyl (C=O) groups excluding carboxylic acids is 1. The van der Waals surface area contributed by atoms with E-state index in [-0.39, 0.29) is 16.1 Å². The van der Waals surface area contributed by atoms with Crippen LogP contribution in [0.4, 0.5) is 15.8 Å². The summed E-state index contributed by atoms with van der Waals surface area (Å²) < 4.78 is 41.9. The first-order valence-corrected chi connectivity index (χ1v) is 11.9. The van der Waals surface area contributed by atoms with Crippen molar-refractivity contribution in [2.24, 2.45) is 0 Å². The number of anilines is 2. The van der Waals surface area contributed by atoms with E-state index in [9.17, 15) is 17.6 Å². The molecule has 0 aliphatic carbocycles. The molecule has 30 heavy (non-hydrogen) atoms. The fourth-order valence-corrected chi connectivity index (χ4v) is 5.66.